The third-order valence-electron chi connectivity index (χ3n) is 6.24. The Kier molecular flexibility index (Phi) is 2.48. The molecule has 0 fully saturated rings. The van der Waals surface area contributed by atoms with Crippen LogP contribution in [0.15, 0.2) is 169 Å². The monoisotopic (exact) mass is 588 g/mol. The molecule has 8 rings (SSSR count). The van der Waals surface area contributed by atoms with E-state index >= 15 is 0 Å². The zero-order valence-electron chi connectivity index (χ0n) is 49.9. The van der Waals surface area contributed by atoms with Gasteiger partial charge in [-0.15, -0.1) is 0 Å². The number of aromatic nitrogens is 2. The Bertz CT molecular complexity index is 3760. The number of hydrogen-bond acceptors (Lipinski definition) is 2. The molecule has 0 radical (unpaired) electrons. The molecule has 44 heavy (non-hydrogen) atoms. The van der Waals surface area contributed by atoms with E-state index in [1.807, 2.05) is 0 Å². The smallest absolute Gasteiger partial charge is 0.160 e. The highest BCUT2D eigenvalue weighted by atomic mass is 14.9. The van der Waals surface area contributed by atoms with E-state index in [-0.39, 0.29) is 0 Å². The zero-order valence-corrected chi connectivity index (χ0v) is 21.9. The van der Waals surface area contributed by atoms with Gasteiger partial charge in [0.15, 0.2) is 5.82 Å². The van der Waals surface area contributed by atoms with Crippen molar-refractivity contribution in [2.45, 2.75) is 0 Å². The topological polar surface area (TPSA) is 25.8 Å². The molecule has 1 heterocycles. The lowest BCUT2D eigenvalue weighted by atomic mass is 9.93. The fourth-order valence-corrected chi connectivity index (χ4v) is 4.29. The van der Waals surface area contributed by atoms with Crippen molar-refractivity contribution in [2.24, 2.45) is 0 Å². The van der Waals surface area contributed by atoms with Gasteiger partial charge in [-0.1, -0.05) is 151 Å². The van der Waals surface area contributed by atoms with E-state index < -0.39 is 247 Å². The van der Waals surface area contributed by atoms with Crippen molar-refractivity contribution in [1.29, 1.82) is 0 Å². The van der Waals surface area contributed by atoms with Crippen molar-refractivity contribution >= 4 is 21.5 Å². The first-order chi connectivity index (χ1) is 33.5. The fraction of sp³-hybridized carbons (Fsp3) is 0. The summed E-state index contributed by atoms with van der Waals surface area (Å²) < 4.78 is 245. The molecule has 0 bridgehead atoms. The van der Waals surface area contributed by atoms with Crippen LogP contribution in [-0.2, 0) is 0 Å². The van der Waals surface area contributed by atoms with Crippen LogP contribution in [0.3, 0.4) is 0 Å². The van der Waals surface area contributed by atoms with Crippen LogP contribution in [0.4, 0.5) is 0 Å². The number of rotatable bonds is 5. The van der Waals surface area contributed by atoms with Crippen molar-refractivity contribution in [3.05, 3.63) is 169 Å². The first kappa shape index (κ1) is 9.83. The highest BCUT2D eigenvalue weighted by molar-refractivity contribution is 6.04. The van der Waals surface area contributed by atoms with Crippen LogP contribution in [0.1, 0.15) is 38.4 Å². The second-order valence-electron chi connectivity index (χ2n) is 8.87. The maximum atomic E-state index is 9.66. The van der Waals surface area contributed by atoms with Gasteiger partial charge < -0.3 is 0 Å². The predicted molar refractivity (Wildman–Crippen MR) is 184 cm³/mol. The van der Waals surface area contributed by atoms with E-state index in [0.29, 0.717) is 0 Å². The number of benzene rings is 7. The molecule has 2 heteroatoms. The van der Waals surface area contributed by atoms with E-state index in [1.54, 1.807) is 0 Å². The molecule has 7 aromatic carbocycles. The minimum atomic E-state index is -1.08. The fourth-order valence-electron chi connectivity index (χ4n) is 4.29. The predicted octanol–water partition coefficient (Wildman–Crippen LogP) is 11.1. The average molecular weight is 589 g/mol. The molecule has 0 spiro atoms. The first-order valence-electron chi connectivity index (χ1n) is 26.6. The van der Waals surface area contributed by atoms with Gasteiger partial charge in [-0.3, -0.25) is 0 Å². The summed E-state index contributed by atoms with van der Waals surface area (Å²) in [6.45, 7) is 0. The van der Waals surface area contributed by atoms with Crippen LogP contribution in [-0.4, -0.2) is 9.97 Å². The molecule has 0 N–H and O–H groups in total. The summed E-state index contributed by atoms with van der Waals surface area (Å²) in [6.07, 6.45) is 0. The molecule has 0 aliphatic heterocycles. The molecular weight excluding hydrogens is 532 g/mol. The van der Waals surface area contributed by atoms with Crippen LogP contribution in [0.2, 0.25) is 0 Å². The summed E-state index contributed by atoms with van der Waals surface area (Å²) in [7, 11) is 0. The van der Waals surface area contributed by atoms with Gasteiger partial charge in [0, 0.05) is 16.7 Å². The lowest BCUT2D eigenvalue weighted by Gasteiger charge is -2.14. The molecule has 0 amide bonds. The Labute approximate surface area is 296 Å². The van der Waals surface area contributed by atoms with Crippen LogP contribution in [0.5, 0.6) is 0 Å². The highest BCUT2D eigenvalue weighted by Crippen LogP contribution is 2.37. The van der Waals surface area contributed by atoms with Crippen molar-refractivity contribution in [2.75, 3.05) is 0 Å². The molecule has 8 aromatic rings. The Morgan fingerprint density at radius 1 is 0.341 bits per heavy atom. The van der Waals surface area contributed by atoms with Crippen LogP contribution in [0, 0.1) is 0 Å². The largest absolute Gasteiger partial charge is 0.228 e. The molecule has 0 saturated heterocycles. The Hall–Kier alpha value is -5.86. The van der Waals surface area contributed by atoms with Gasteiger partial charge in [-0.2, -0.15) is 0 Å². The molecule has 206 valence electrons. The van der Waals surface area contributed by atoms with Gasteiger partial charge in [0.2, 0.25) is 0 Å². The van der Waals surface area contributed by atoms with Crippen molar-refractivity contribution in [1.82, 2.24) is 9.97 Å². The molecule has 1 aromatic heterocycles. The highest BCUT2D eigenvalue weighted by Gasteiger charge is 2.15. The van der Waals surface area contributed by atoms with Gasteiger partial charge >= 0.3 is 0 Å². The second-order valence-corrected chi connectivity index (χ2v) is 8.87. The van der Waals surface area contributed by atoms with Gasteiger partial charge in [0.1, 0.15) is 0 Å². The molecule has 0 aliphatic rings. The van der Waals surface area contributed by atoms with E-state index in [2.05, 4.69) is 9.97 Å². The molecule has 0 saturated carbocycles. The van der Waals surface area contributed by atoms with Gasteiger partial charge in [0.05, 0.1) is 49.8 Å². The lowest BCUT2D eigenvalue weighted by Crippen LogP contribution is -1.97. The summed E-state index contributed by atoms with van der Waals surface area (Å²) in [4.78, 5) is 8.62. The van der Waals surface area contributed by atoms with Crippen molar-refractivity contribution in [3.63, 3.8) is 0 Å². The molecule has 0 unspecified atom stereocenters. The van der Waals surface area contributed by atoms with Gasteiger partial charge in [-0.25, -0.2) is 9.97 Å². The third kappa shape index (κ3) is 4.83. The molecule has 0 atom stereocenters. The lowest BCUT2D eigenvalue weighted by molar-refractivity contribution is 1.19. The SMILES string of the molecule is [2H]c1c(-c2c([2H])c([2H])c3c([2H])c(-c4c([2H])c([2H])c([2H])c([2H])c4[2H])c([2H])c([2H])c3c2[2H])nc(-c2c([2H])c([2H])c([2H])c([2H])c2[2H])nc1-c1c([2H])c([2H])c(-c2c([2H])c([2H])c([2H])c([2H])c2[2H])c2c([2H])c([2H])c([2H])c([2H])c12. The van der Waals surface area contributed by atoms with Crippen LogP contribution < -0.4 is 0 Å². The Morgan fingerprint density at radius 2 is 0.841 bits per heavy atom. The average Bonchev–Trinajstić information content (AvgIpc) is 3.34. The third-order valence-corrected chi connectivity index (χ3v) is 6.24. The molecule has 0 aliphatic carbocycles. The maximum absolute atomic E-state index is 9.66. The normalized spacial score (nSPS) is 20.1. The first-order valence-corrected chi connectivity index (χ1v) is 12.6. The van der Waals surface area contributed by atoms with E-state index in [1.165, 1.54) is 0 Å². The van der Waals surface area contributed by atoms with Crippen LogP contribution in [0.25, 0.3) is 77.7 Å². The van der Waals surface area contributed by atoms with E-state index in [9.17, 15) is 8.22 Å². The van der Waals surface area contributed by atoms with E-state index in [0.717, 1.165) is 0 Å². The maximum Gasteiger partial charge on any atom is 0.160 e. The van der Waals surface area contributed by atoms with Gasteiger partial charge in [0.25, 0.3) is 0 Å². The summed E-state index contributed by atoms with van der Waals surface area (Å²) in [5, 5.41) is -2.92. The van der Waals surface area contributed by atoms with Crippen molar-refractivity contribution < 1.29 is 38.4 Å². The standard InChI is InChI=1S/C42H28N2/c1-4-12-29(13-5-1)32-20-21-34-27-35(23-22-33(34)26-32)40-28-41(44-42(43-40)31-16-8-3-9-17-31)39-25-24-36(30-14-6-2-7-15-30)37-18-10-11-19-38(37)39/h1-28H/i1D,2D,3D,4D,5D,6D,7D,8D,9D,10D,11D,12D,13D,14D,15D,16D,17D,18D,19D,20D,21D,22D,23D,24D,25D,26D,27D,28D. The summed E-state index contributed by atoms with van der Waals surface area (Å²) >= 11 is 0. The molecular formula is C42H28N2. The van der Waals surface area contributed by atoms with Gasteiger partial charge in [-0.05, 0) is 61.9 Å². The number of nitrogens with zero attached hydrogens (tertiary/aromatic N) is 2. The number of fused-ring (bicyclic) bond motifs is 2. The van der Waals surface area contributed by atoms with Crippen molar-refractivity contribution in [3.8, 4) is 56.2 Å². The number of hydrogen-bond donors (Lipinski definition) is 0. The van der Waals surface area contributed by atoms with Crippen LogP contribution >= 0.6 is 0 Å². The second kappa shape index (κ2) is 11.1. The summed E-state index contributed by atoms with van der Waals surface area (Å²) in [5.74, 6) is -0.918. The summed E-state index contributed by atoms with van der Waals surface area (Å²) in [5.41, 5.74) is -7.31. The quantitative estimate of drug-likeness (QED) is 0.200. The Balaban J connectivity index is 1.60. The zero-order chi connectivity index (χ0) is 53.7. The van der Waals surface area contributed by atoms with E-state index in [4.69, 9.17) is 30.2 Å². The minimum absolute atomic E-state index is 0.701. The molecule has 2 nitrogen and oxygen atoms in total. The Morgan fingerprint density at radius 3 is 1.52 bits per heavy atom. The minimum Gasteiger partial charge on any atom is -0.228 e. The summed E-state index contributed by atoms with van der Waals surface area (Å²) in [6, 6.07) is -26.6.